The van der Waals surface area contributed by atoms with Crippen molar-refractivity contribution in [2.24, 2.45) is 0 Å². The van der Waals surface area contributed by atoms with Crippen molar-refractivity contribution in [3.8, 4) is 0 Å². The van der Waals surface area contributed by atoms with Gasteiger partial charge in [-0.25, -0.2) is 12.8 Å². The van der Waals surface area contributed by atoms with Gasteiger partial charge in [0.15, 0.2) is 0 Å². The van der Waals surface area contributed by atoms with Crippen LogP contribution >= 0.6 is 23.2 Å². The van der Waals surface area contributed by atoms with E-state index in [4.69, 9.17) is 23.2 Å². The lowest BCUT2D eigenvalue weighted by Gasteiger charge is -2.24. The summed E-state index contributed by atoms with van der Waals surface area (Å²) in [5, 5.41) is 3.42. The van der Waals surface area contributed by atoms with E-state index in [1.54, 1.807) is 43.3 Å². The highest BCUT2D eigenvalue weighted by Gasteiger charge is 2.29. The van der Waals surface area contributed by atoms with Gasteiger partial charge in [0.2, 0.25) is 15.9 Å². The lowest BCUT2D eigenvalue weighted by molar-refractivity contribution is -0.122. The zero-order valence-corrected chi connectivity index (χ0v) is 20.4. The fourth-order valence-electron chi connectivity index (χ4n) is 3.23. The Labute approximate surface area is 203 Å². The maximum Gasteiger partial charge on any atom is 0.243 e. The van der Waals surface area contributed by atoms with Gasteiger partial charge in [-0.15, -0.1) is 0 Å². The monoisotopic (exact) mass is 508 g/mol. The quantitative estimate of drug-likeness (QED) is 0.436. The van der Waals surface area contributed by atoms with Crippen molar-refractivity contribution < 1.29 is 17.6 Å². The molecule has 9 heteroatoms. The van der Waals surface area contributed by atoms with Crippen molar-refractivity contribution in [1.29, 1.82) is 0 Å². The van der Waals surface area contributed by atoms with Crippen LogP contribution in [0.5, 0.6) is 0 Å². The highest BCUT2D eigenvalue weighted by molar-refractivity contribution is 7.89. The molecule has 174 valence electrons. The number of halogens is 3. The number of nitrogens with zero attached hydrogens (tertiary/aromatic N) is 1. The van der Waals surface area contributed by atoms with Crippen LogP contribution in [-0.2, 0) is 21.4 Å². The van der Waals surface area contributed by atoms with Gasteiger partial charge in [0.25, 0.3) is 0 Å². The van der Waals surface area contributed by atoms with Gasteiger partial charge in [0.1, 0.15) is 5.82 Å². The Morgan fingerprint density at radius 1 is 1.03 bits per heavy atom. The molecule has 0 bridgehead atoms. The maximum absolute atomic E-state index is 14.4. The Morgan fingerprint density at radius 2 is 1.67 bits per heavy atom. The van der Waals surface area contributed by atoms with Crippen LogP contribution in [0.1, 0.15) is 29.7 Å². The van der Waals surface area contributed by atoms with E-state index < -0.39 is 40.9 Å². The van der Waals surface area contributed by atoms with Gasteiger partial charge in [0.05, 0.1) is 17.5 Å². The van der Waals surface area contributed by atoms with Gasteiger partial charge >= 0.3 is 0 Å². The second-order valence-corrected chi connectivity index (χ2v) is 10.4. The average molecular weight is 509 g/mol. The molecule has 0 heterocycles. The Hall–Kier alpha value is -2.45. The van der Waals surface area contributed by atoms with Crippen molar-refractivity contribution in [1.82, 2.24) is 9.62 Å². The number of hydrogen-bond donors (Lipinski definition) is 1. The molecule has 0 saturated heterocycles. The fraction of sp³-hybridized carbons (Fsp3) is 0.208. The first-order valence-electron chi connectivity index (χ1n) is 10.1. The lowest BCUT2D eigenvalue weighted by Crippen LogP contribution is -2.41. The van der Waals surface area contributed by atoms with E-state index in [-0.39, 0.29) is 15.5 Å². The summed E-state index contributed by atoms with van der Waals surface area (Å²) in [4.78, 5) is 12.8. The van der Waals surface area contributed by atoms with Gasteiger partial charge in [-0.3, -0.25) is 4.79 Å². The minimum atomic E-state index is -4.12. The predicted octanol–water partition coefficient (Wildman–Crippen LogP) is 5.51. The minimum Gasteiger partial charge on any atom is -0.348 e. The first kappa shape index (κ1) is 25.2. The van der Waals surface area contributed by atoms with Gasteiger partial charge < -0.3 is 5.32 Å². The number of carbonyl (C=O) groups excluding carboxylic acids is 1. The second-order valence-electron chi connectivity index (χ2n) is 7.63. The third-order valence-corrected chi connectivity index (χ3v) is 7.53. The smallest absolute Gasteiger partial charge is 0.243 e. The summed E-state index contributed by atoms with van der Waals surface area (Å²) in [6.07, 6.45) is 0. The maximum atomic E-state index is 14.4. The largest absolute Gasteiger partial charge is 0.348 e. The molecule has 33 heavy (non-hydrogen) atoms. The topological polar surface area (TPSA) is 66.5 Å². The van der Waals surface area contributed by atoms with Crippen LogP contribution < -0.4 is 5.32 Å². The Balaban J connectivity index is 1.88. The summed E-state index contributed by atoms with van der Waals surface area (Å²) >= 11 is 12.0. The number of sulfonamides is 1. The van der Waals surface area contributed by atoms with Crippen LogP contribution in [0.2, 0.25) is 10.0 Å². The van der Waals surface area contributed by atoms with E-state index in [1.165, 1.54) is 30.3 Å². The van der Waals surface area contributed by atoms with Crippen LogP contribution in [0.3, 0.4) is 0 Å². The summed E-state index contributed by atoms with van der Waals surface area (Å²) in [6, 6.07) is 16.9. The predicted molar refractivity (Wildman–Crippen MR) is 128 cm³/mol. The molecule has 3 rings (SSSR count). The number of aryl methyl sites for hydroxylation is 1. The van der Waals surface area contributed by atoms with E-state index in [1.807, 2.05) is 6.92 Å². The summed E-state index contributed by atoms with van der Waals surface area (Å²) in [6.45, 7) is 2.69. The van der Waals surface area contributed by atoms with E-state index in [9.17, 15) is 17.6 Å². The van der Waals surface area contributed by atoms with E-state index >= 15 is 0 Å². The zero-order chi connectivity index (χ0) is 24.2. The van der Waals surface area contributed by atoms with Crippen LogP contribution in [0, 0.1) is 12.7 Å². The number of benzene rings is 3. The Kier molecular flexibility index (Phi) is 8.13. The first-order chi connectivity index (χ1) is 15.6. The van der Waals surface area contributed by atoms with Gasteiger partial charge in [-0.2, -0.15) is 4.31 Å². The second kappa shape index (κ2) is 10.7. The van der Waals surface area contributed by atoms with Crippen molar-refractivity contribution >= 4 is 39.1 Å². The molecule has 0 radical (unpaired) electrons. The van der Waals surface area contributed by atoms with Crippen LogP contribution in [0.15, 0.2) is 71.6 Å². The van der Waals surface area contributed by atoms with E-state index in [2.05, 4.69) is 5.32 Å². The molecule has 3 aromatic carbocycles. The third-order valence-electron chi connectivity index (χ3n) is 5.12. The number of carbonyl (C=O) groups is 1. The summed E-state index contributed by atoms with van der Waals surface area (Å²) in [5.74, 6) is -1.19. The van der Waals surface area contributed by atoms with Crippen LogP contribution in [0.25, 0.3) is 0 Å². The third kappa shape index (κ3) is 6.32. The van der Waals surface area contributed by atoms with E-state index in [0.29, 0.717) is 5.02 Å². The number of hydrogen-bond acceptors (Lipinski definition) is 3. The highest BCUT2D eigenvalue weighted by Crippen LogP contribution is 2.25. The minimum absolute atomic E-state index is 0.000823. The SMILES string of the molecule is Cc1ccc(S(=O)(=O)N(CC(=O)N[C@H](C)c2ccc(Cl)cc2)Cc2c(F)cccc2Cl)cc1. The van der Waals surface area contributed by atoms with Crippen molar-refractivity contribution in [2.45, 2.75) is 31.3 Å². The molecule has 0 fully saturated rings. The molecule has 0 aliphatic rings. The molecule has 1 amide bonds. The van der Waals surface area contributed by atoms with Gasteiger partial charge in [0, 0.05) is 22.2 Å². The normalized spacial score (nSPS) is 12.5. The Bertz CT molecular complexity index is 1210. The van der Waals surface area contributed by atoms with E-state index in [0.717, 1.165) is 15.4 Å². The van der Waals surface area contributed by atoms with Crippen molar-refractivity contribution in [3.63, 3.8) is 0 Å². The van der Waals surface area contributed by atoms with Gasteiger partial charge in [-0.1, -0.05) is 59.1 Å². The molecule has 0 aliphatic heterocycles. The van der Waals surface area contributed by atoms with Crippen LogP contribution in [-0.4, -0.2) is 25.2 Å². The molecule has 0 saturated carbocycles. The van der Waals surface area contributed by atoms with Crippen molar-refractivity contribution in [2.75, 3.05) is 6.54 Å². The summed E-state index contributed by atoms with van der Waals surface area (Å²) in [5.41, 5.74) is 1.68. The molecule has 1 N–H and O–H groups in total. The molecule has 0 aliphatic carbocycles. The zero-order valence-electron chi connectivity index (χ0n) is 18.1. The molecular formula is C24H23Cl2FN2O3S. The molecule has 0 spiro atoms. The van der Waals surface area contributed by atoms with Crippen molar-refractivity contribution in [3.05, 3.63) is 99.3 Å². The average Bonchev–Trinajstić information content (AvgIpc) is 2.76. The fourth-order valence-corrected chi connectivity index (χ4v) is 4.94. The number of nitrogens with one attached hydrogen (secondary N) is 1. The molecule has 5 nitrogen and oxygen atoms in total. The van der Waals surface area contributed by atoms with Crippen LogP contribution in [0.4, 0.5) is 4.39 Å². The summed E-state index contributed by atoms with van der Waals surface area (Å²) < 4.78 is 42.1. The molecule has 3 aromatic rings. The first-order valence-corrected chi connectivity index (χ1v) is 12.3. The molecule has 0 unspecified atom stereocenters. The lowest BCUT2D eigenvalue weighted by atomic mass is 10.1. The Morgan fingerprint density at radius 3 is 2.27 bits per heavy atom. The molecular weight excluding hydrogens is 486 g/mol. The number of amides is 1. The molecule has 1 atom stereocenters. The molecule has 0 aromatic heterocycles. The highest BCUT2D eigenvalue weighted by atomic mass is 35.5. The number of rotatable bonds is 8. The standard InChI is InChI=1S/C24H23Cl2FN2O3S/c1-16-6-12-20(13-7-16)33(31,32)29(14-21-22(26)4-3-5-23(21)27)15-24(30)28-17(2)18-8-10-19(25)11-9-18/h3-13,17H,14-15H2,1-2H3,(H,28,30)/t17-/m1/s1. The summed E-state index contributed by atoms with van der Waals surface area (Å²) in [7, 11) is -4.12. The van der Waals surface area contributed by atoms with Gasteiger partial charge in [-0.05, 0) is 55.8 Å².